The Morgan fingerprint density at radius 1 is 0.583 bits per heavy atom. The molecule has 2 heterocycles. The van der Waals surface area contributed by atoms with Gasteiger partial charge in [0.2, 0.25) is 5.95 Å². The molecule has 0 fully saturated rings. The summed E-state index contributed by atoms with van der Waals surface area (Å²) in [5.41, 5.74) is 4.02. The largest absolute Gasteiger partial charge is 0.488 e. The topological polar surface area (TPSA) is 84.1 Å². The quantitative estimate of drug-likeness (QED) is 0.353. The fourth-order valence-electron chi connectivity index (χ4n) is 4.26. The first-order valence-electron chi connectivity index (χ1n) is 12.0. The van der Waals surface area contributed by atoms with Crippen molar-refractivity contribution in [2.24, 2.45) is 0 Å². The smallest absolute Gasteiger partial charge is 0.423 e. The summed E-state index contributed by atoms with van der Waals surface area (Å²) in [6.07, 6.45) is 0. The van der Waals surface area contributed by atoms with Crippen LogP contribution in [0.2, 0.25) is 0 Å². The van der Waals surface area contributed by atoms with Crippen LogP contribution in [0.4, 0.5) is 0 Å². The molecule has 176 valence electrons. The van der Waals surface area contributed by atoms with Gasteiger partial charge in [0.25, 0.3) is 0 Å². The molecule has 6 aromatic rings. The van der Waals surface area contributed by atoms with Crippen molar-refractivity contribution >= 4 is 34.4 Å². The van der Waals surface area contributed by atoms with Crippen LogP contribution in [0.25, 0.3) is 50.5 Å². The second-order valence-electron chi connectivity index (χ2n) is 8.02. The third-order valence-electron chi connectivity index (χ3n) is 5.88. The van der Waals surface area contributed by atoms with Gasteiger partial charge >= 0.3 is 7.12 Å². The number of hydrogen-bond acceptors (Lipinski definition) is 5. The van der Waals surface area contributed by atoms with Gasteiger partial charge in [-0.2, -0.15) is 9.97 Å². The lowest BCUT2D eigenvalue weighted by Crippen LogP contribution is -2.29. The molecule has 0 spiro atoms. The lowest BCUT2D eigenvalue weighted by atomic mass is 9.80. The molecule has 0 amide bonds. The molecule has 0 radical (unpaired) electrons. The predicted octanol–water partition coefficient (Wildman–Crippen LogP) is 5.01. The summed E-state index contributed by atoms with van der Waals surface area (Å²) >= 11 is 0. The molecule has 0 aliphatic rings. The number of fused-ring (bicyclic) bond motifs is 3. The van der Waals surface area contributed by atoms with Crippen molar-refractivity contribution in [2.75, 3.05) is 0 Å². The summed E-state index contributed by atoms with van der Waals surface area (Å²) in [6, 6.07) is 33.0. The summed E-state index contributed by atoms with van der Waals surface area (Å²) in [5.74, 6) is 1.66. The molecule has 2 aromatic heterocycles. The minimum Gasteiger partial charge on any atom is -0.423 e. The highest BCUT2D eigenvalue weighted by Gasteiger charge is 2.19. The van der Waals surface area contributed by atoms with Crippen molar-refractivity contribution in [2.45, 2.75) is 13.8 Å². The van der Waals surface area contributed by atoms with Crippen LogP contribution in [0, 0.1) is 0 Å². The van der Waals surface area contributed by atoms with E-state index in [0.717, 1.165) is 32.9 Å². The molecule has 7 heteroatoms. The average molecular weight is 472 g/mol. The molecule has 0 aliphatic heterocycles. The van der Waals surface area contributed by atoms with E-state index in [1.54, 1.807) is 12.1 Å². The molecular formula is C29H25BN4O2. The van der Waals surface area contributed by atoms with E-state index < -0.39 is 7.12 Å². The van der Waals surface area contributed by atoms with Gasteiger partial charge < -0.3 is 10.0 Å². The van der Waals surface area contributed by atoms with Crippen LogP contribution in [0.1, 0.15) is 13.8 Å². The highest BCUT2D eigenvalue weighted by Crippen LogP contribution is 2.31. The Morgan fingerprint density at radius 3 is 1.69 bits per heavy atom. The van der Waals surface area contributed by atoms with Gasteiger partial charge in [0.15, 0.2) is 11.6 Å². The lowest BCUT2D eigenvalue weighted by Gasteiger charge is -2.11. The third-order valence-corrected chi connectivity index (χ3v) is 5.88. The zero-order valence-corrected chi connectivity index (χ0v) is 20.1. The van der Waals surface area contributed by atoms with E-state index in [1.807, 2.05) is 109 Å². The SMILES string of the molecule is CC.OB(O)c1ccc2c(c1)c1ccccc1n2-c1nc(-c2ccccc2)nc(-c2ccccc2)n1. The number of benzene rings is 4. The Balaban J connectivity index is 0.00000130. The number of hydrogen-bond donors (Lipinski definition) is 2. The third kappa shape index (κ3) is 4.26. The molecule has 0 atom stereocenters. The molecule has 4 aromatic carbocycles. The minimum absolute atomic E-state index is 0.431. The van der Waals surface area contributed by atoms with E-state index in [4.69, 9.17) is 15.0 Å². The molecular weight excluding hydrogens is 447 g/mol. The molecule has 0 saturated carbocycles. The molecule has 0 unspecified atom stereocenters. The maximum Gasteiger partial charge on any atom is 0.488 e. The summed E-state index contributed by atoms with van der Waals surface area (Å²) in [4.78, 5) is 14.5. The van der Waals surface area contributed by atoms with Crippen molar-refractivity contribution < 1.29 is 10.0 Å². The zero-order valence-electron chi connectivity index (χ0n) is 20.1. The van der Waals surface area contributed by atoms with Gasteiger partial charge in [0.1, 0.15) is 0 Å². The average Bonchev–Trinajstić information content (AvgIpc) is 3.28. The second-order valence-corrected chi connectivity index (χ2v) is 8.02. The van der Waals surface area contributed by atoms with Gasteiger partial charge in [-0.3, -0.25) is 4.57 Å². The van der Waals surface area contributed by atoms with Crippen LogP contribution in [0.5, 0.6) is 0 Å². The van der Waals surface area contributed by atoms with Crippen molar-refractivity contribution in [3.8, 4) is 28.7 Å². The molecule has 6 rings (SSSR count). The van der Waals surface area contributed by atoms with Gasteiger partial charge in [-0.25, -0.2) is 4.98 Å². The fourth-order valence-corrected chi connectivity index (χ4v) is 4.26. The van der Waals surface area contributed by atoms with E-state index in [9.17, 15) is 10.0 Å². The van der Waals surface area contributed by atoms with Gasteiger partial charge in [-0.15, -0.1) is 0 Å². The molecule has 2 N–H and O–H groups in total. The normalized spacial score (nSPS) is 10.8. The first-order chi connectivity index (χ1) is 17.7. The van der Waals surface area contributed by atoms with E-state index in [0.29, 0.717) is 23.1 Å². The molecule has 0 aliphatic carbocycles. The summed E-state index contributed by atoms with van der Waals surface area (Å²) in [5, 5.41) is 21.3. The minimum atomic E-state index is -1.54. The Morgan fingerprint density at radius 2 is 1.11 bits per heavy atom. The maximum absolute atomic E-state index is 9.72. The number of para-hydroxylation sites is 1. The van der Waals surface area contributed by atoms with Crippen molar-refractivity contribution in [1.82, 2.24) is 19.5 Å². The van der Waals surface area contributed by atoms with Crippen LogP contribution < -0.4 is 5.46 Å². The second kappa shape index (κ2) is 10.1. The van der Waals surface area contributed by atoms with Crippen molar-refractivity contribution in [3.63, 3.8) is 0 Å². The molecule has 6 nitrogen and oxygen atoms in total. The predicted molar refractivity (Wildman–Crippen MR) is 146 cm³/mol. The van der Waals surface area contributed by atoms with Gasteiger partial charge in [-0.1, -0.05) is 105 Å². The summed E-state index contributed by atoms with van der Waals surface area (Å²) in [7, 11) is -1.54. The fraction of sp³-hybridized carbons (Fsp3) is 0.0690. The Kier molecular flexibility index (Phi) is 6.58. The van der Waals surface area contributed by atoms with Crippen molar-refractivity contribution in [3.05, 3.63) is 103 Å². The number of nitrogens with zero attached hydrogens (tertiary/aromatic N) is 4. The van der Waals surface area contributed by atoms with E-state index in [2.05, 4.69) is 0 Å². The molecule has 0 bridgehead atoms. The van der Waals surface area contributed by atoms with Crippen LogP contribution in [-0.4, -0.2) is 36.7 Å². The highest BCUT2D eigenvalue weighted by atomic mass is 16.4. The van der Waals surface area contributed by atoms with Crippen LogP contribution >= 0.6 is 0 Å². The van der Waals surface area contributed by atoms with E-state index in [1.165, 1.54) is 0 Å². The first-order valence-corrected chi connectivity index (χ1v) is 12.0. The lowest BCUT2D eigenvalue weighted by molar-refractivity contribution is 0.426. The Hall–Kier alpha value is -4.33. The summed E-state index contributed by atoms with van der Waals surface area (Å²) in [6.45, 7) is 4.00. The van der Waals surface area contributed by atoms with Gasteiger partial charge in [0, 0.05) is 21.9 Å². The molecule has 0 saturated heterocycles. The maximum atomic E-state index is 9.72. The van der Waals surface area contributed by atoms with E-state index in [-0.39, 0.29) is 0 Å². The van der Waals surface area contributed by atoms with Crippen LogP contribution in [0.15, 0.2) is 103 Å². The van der Waals surface area contributed by atoms with Crippen molar-refractivity contribution in [1.29, 1.82) is 0 Å². The molecule has 36 heavy (non-hydrogen) atoms. The Bertz CT molecular complexity index is 1580. The Labute approximate surface area is 209 Å². The zero-order chi connectivity index (χ0) is 25.1. The highest BCUT2D eigenvalue weighted by molar-refractivity contribution is 6.59. The number of aromatic nitrogens is 4. The van der Waals surface area contributed by atoms with Gasteiger partial charge in [0.05, 0.1) is 11.0 Å². The summed E-state index contributed by atoms with van der Waals surface area (Å²) < 4.78 is 2.00. The van der Waals surface area contributed by atoms with E-state index >= 15 is 0 Å². The first kappa shape index (κ1) is 23.4. The standard InChI is InChI=1S/C27H19BN4O2.C2H6/c33-28(34)20-15-16-24-22(17-20)21-13-7-8-14-23(21)32(24)27-30-25(18-9-3-1-4-10-18)29-26(31-27)19-11-5-2-6-12-19;1-2/h1-17,33-34H;1-2H3. The van der Waals surface area contributed by atoms with Crippen LogP contribution in [-0.2, 0) is 0 Å². The van der Waals surface area contributed by atoms with Gasteiger partial charge in [-0.05, 0) is 17.6 Å². The monoisotopic (exact) mass is 472 g/mol. The number of rotatable bonds is 4. The van der Waals surface area contributed by atoms with Crippen LogP contribution in [0.3, 0.4) is 0 Å².